The summed E-state index contributed by atoms with van der Waals surface area (Å²) in [6, 6.07) is 13.3. The van der Waals surface area contributed by atoms with Crippen molar-refractivity contribution in [1.29, 1.82) is 0 Å². The number of hydrogen-bond donors (Lipinski definition) is 6. The number of ether oxygens (including phenoxy) is 2. The van der Waals surface area contributed by atoms with Gasteiger partial charge in [-0.1, -0.05) is 75.4 Å². The van der Waals surface area contributed by atoms with Gasteiger partial charge in [0.25, 0.3) is 0 Å². The lowest BCUT2D eigenvalue weighted by atomic mass is 9.88. The summed E-state index contributed by atoms with van der Waals surface area (Å²) in [6.45, 7) is 7.65. The summed E-state index contributed by atoms with van der Waals surface area (Å²) >= 11 is 0. The lowest BCUT2D eigenvalue weighted by molar-refractivity contribution is -0.130. The van der Waals surface area contributed by atoms with E-state index in [1.807, 2.05) is 68.5 Å². The third-order valence-corrected chi connectivity index (χ3v) is 8.73. The molecule has 13 heteroatoms. The highest BCUT2D eigenvalue weighted by atomic mass is 16.6. The van der Waals surface area contributed by atoms with Gasteiger partial charge in [0.15, 0.2) is 0 Å². The summed E-state index contributed by atoms with van der Waals surface area (Å²) in [4.78, 5) is 62.6. The fourth-order valence-corrected chi connectivity index (χ4v) is 6.38. The molecule has 0 saturated heterocycles. The van der Waals surface area contributed by atoms with E-state index in [-0.39, 0.29) is 43.9 Å². The molecule has 0 aliphatic heterocycles. The van der Waals surface area contributed by atoms with E-state index >= 15 is 0 Å². The van der Waals surface area contributed by atoms with Gasteiger partial charge in [0.2, 0.25) is 11.8 Å². The Bertz CT molecular complexity index is 1590. The Balaban J connectivity index is 1.42. The van der Waals surface area contributed by atoms with Crippen molar-refractivity contribution in [2.75, 3.05) is 19.8 Å². The topological polar surface area (TPSA) is 204 Å². The van der Waals surface area contributed by atoms with Crippen LogP contribution in [0.25, 0.3) is 11.1 Å². The van der Waals surface area contributed by atoms with E-state index in [9.17, 15) is 24.0 Å². The number of benzene rings is 2. The molecule has 0 aromatic heterocycles. The smallest absolute Gasteiger partial charge is 0.407 e. The molecule has 2 aromatic rings. The van der Waals surface area contributed by atoms with E-state index in [1.165, 1.54) is 0 Å². The molecule has 0 bridgehead atoms. The highest BCUT2D eigenvalue weighted by Gasteiger charge is 2.32. The lowest BCUT2D eigenvalue weighted by Gasteiger charge is -2.28. The number of nitrogens with two attached hydrogens (primary N) is 2. The highest BCUT2D eigenvalue weighted by molar-refractivity contribution is 5.92. The average Bonchev–Trinajstić information content (AvgIpc) is 3.37. The van der Waals surface area contributed by atoms with Crippen molar-refractivity contribution in [1.82, 2.24) is 21.3 Å². The Kier molecular flexibility index (Phi) is 12.4. The Labute approximate surface area is 286 Å². The number of carbonyl (C=O) groups excluding carboxylic acids is 5. The number of alkyl carbamates (subject to hydrolysis) is 1. The molecule has 2 aliphatic carbocycles. The van der Waals surface area contributed by atoms with Crippen molar-refractivity contribution < 1.29 is 33.4 Å². The number of carbonyl (C=O) groups is 5. The number of urea groups is 1. The minimum Gasteiger partial charge on any atom is -0.449 e. The van der Waals surface area contributed by atoms with Crippen molar-refractivity contribution in [3.8, 4) is 11.1 Å². The summed E-state index contributed by atoms with van der Waals surface area (Å²) in [6.07, 6.45) is 1.26. The van der Waals surface area contributed by atoms with Crippen molar-refractivity contribution >= 4 is 30.0 Å². The predicted molar refractivity (Wildman–Crippen MR) is 184 cm³/mol. The van der Waals surface area contributed by atoms with Crippen molar-refractivity contribution in [3.63, 3.8) is 0 Å². The van der Waals surface area contributed by atoms with E-state index in [2.05, 4.69) is 21.3 Å². The zero-order valence-corrected chi connectivity index (χ0v) is 28.3. The Morgan fingerprint density at radius 1 is 0.898 bits per heavy atom. The summed E-state index contributed by atoms with van der Waals surface area (Å²) in [5, 5.41) is 10.9. The number of rotatable bonds is 14. The first kappa shape index (κ1) is 36.5. The normalized spacial score (nSPS) is 16.4. The SMILES string of the molecule is CC1=C(NC(=O)[C@H](CCCNC(N)=O)NC(=O)[C@@H](NC(=O)OCC2c3ccccc3-c3ccccc32)C(C)C)C(C)CC(COC(N)=O)=C1. The maximum absolute atomic E-state index is 13.6. The fraction of sp³-hybridized carbons (Fsp3) is 0.417. The molecule has 0 heterocycles. The van der Waals surface area contributed by atoms with Gasteiger partial charge in [-0.3, -0.25) is 9.59 Å². The molecule has 8 N–H and O–H groups in total. The van der Waals surface area contributed by atoms with Gasteiger partial charge < -0.3 is 42.2 Å². The Morgan fingerprint density at radius 3 is 2.10 bits per heavy atom. The van der Waals surface area contributed by atoms with E-state index < -0.39 is 42.1 Å². The van der Waals surface area contributed by atoms with Crippen molar-refractivity contribution in [2.45, 2.75) is 65.0 Å². The van der Waals surface area contributed by atoms with Gasteiger partial charge in [-0.15, -0.1) is 0 Å². The van der Waals surface area contributed by atoms with Crippen LogP contribution in [0.1, 0.15) is 64.0 Å². The first-order valence-electron chi connectivity index (χ1n) is 16.4. The molecule has 2 aliphatic rings. The second-order valence-electron chi connectivity index (χ2n) is 12.8. The number of nitrogens with one attached hydrogen (secondary N) is 4. The Morgan fingerprint density at radius 2 is 1.53 bits per heavy atom. The molecule has 0 radical (unpaired) electrons. The summed E-state index contributed by atoms with van der Waals surface area (Å²) in [5.41, 5.74) is 16.9. The number of amides is 6. The van der Waals surface area contributed by atoms with Crippen LogP contribution in [0.4, 0.5) is 14.4 Å². The molecule has 0 saturated carbocycles. The molecular formula is C36H46N6O7. The van der Waals surface area contributed by atoms with Crippen LogP contribution in [-0.2, 0) is 19.1 Å². The first-order chi connectivity index (χ1) is 23.3. The molecule has 0 spiro atoms. The van der Waals surface area contributed by atoms with Gasteiger partial charge in [0.05, 0.1) is 0 Å². The zero-order chi connectivity index (χ0) is 35.7. The number of fused-ring (bicyclic) bond motifs is 3. The minimum absolute atomic E-state index is 0.0526. The van der Waals surface area contributed by atoms with Crippen LogP contribution < -0.4 is 32.7 Å². The molecule has 1 unspecified atom stereocenters. The molecule has 3 atom stereocenters. The number of primary amides is 2. The van der Waals surface area contributed by atoms with Crippen LogP contribution in [-0.4, -0.2) is 61.9 Å². The van der Waals surface area contributed by atoms with Crippen molar-refractivity contribution in [3.05, 3.63) is 82.6 Å². The summed E-state index contributed by atoms with van der Waals surface area (Å²) in [5.74, 6) is -1.61. The largest absolute Gasteiger partial charge is 0.449 e. The molecule has 6 amide bonds. The highest BCUT2D eigenvalue weighted by Crippen LogP contribution is 2.44. The van der Waals surface area contributed by atoms with Crippen LogP contribution in [0, 0.1) is 11.8 Å². The van der Waals surface area contributed by atoms with Crippen LogP contribution in [0.3, 0.4) is 0 Å². The second kappa shape index (κ2) is 16.7. The van der Waals surface area contributed by atoms with Gasteiger partial charge in [0.1, 0.15) is 25.3 Å². The molecule has 49 heavy (non-hydrogen) atoms. The molecule has 262 valence electrons. The molecule has 2 aromatic carbocycles. The maximum Gasteiger partial charge on any atom is 0.407 e. The molecule has 0 fully saturated rings. The van der Waals surface area contributed by atoms with Crippen LogP contribution in [0.5, 0.6) is 0 Å². The van der Waals surface area contributed by atoms with E-state index in [4.69, 9.17) is 20.9 Å². The van der Waals surface area contributed by atoms with Gasteiger partial charge >= 0.3 is 18.2 Å². The van der Waals surface area contributed by atoms with E-state index in [0.717, 1.165) is 33.4 Å². The third kappa shape index (κ3) is 9.62. The summed E-state index contributed by atoms with van der Waals surface area (Å²) in [7, 11) is 0. The maximum atomic E-state index is 13.6. The quantitative estimate of drug-likeness (QED) is 0.163. The number of hydrogen-bond acceptors (Lipinski definition) is 7. The molecule has 4 rings (SSSR count). The van der Waals surface area contributed by atoms with Gasteiger partial charge in [-0.25, -0.2) is 14.4 Å². The van der Waals surface area contributed by atoms with Crippen LogP contribution in [0.2, 0.25) is 0 Å². The first-order valence-corrected chi connectivity index (χ1v) is 16.4. The summed E-state index contributed by atoms with van der Waals surface area (Å²) < 4.78 is 10.6. The Hall–Kier alpha value is -5.33. The van der Waals surface area contributed by atoms with Gasteiger partial charge in [0, 0.05) is 24.1 Å². The van der Waals surface area contributed by atoms with E-state index in [0.29, 0.717) is 18.5 Å². The zero-order valence-electron chi connectivity index (χ0n) is 28.3. The lowest BCUT2D eigenvalue weighted by Crippen LogP contribution is -2.55. The average molecular weight is 675 g/mol. The van der Waals surface area contributed by atoms with Gasteiger partial charge in [-0.2, -0.15) is 0 Å². The third-order valence-electron chi connectivity index (χ3n) is 8.73. The van der Waals surface area contributed by atoms with Crippen LogP contribution >= 0.6 is 0 Å². The van der Waals surface area contributed by atoms with Crippen LogP contribution in [0.15, 0.2) is 71.5 Å². The second-order valence-corrected chi connectivity index (χ2v) is 12.8. The number of allylic oxidation sites excluding steroid dienone is 3. The minimum atomic E-state index is -1.00. The molecular weight excluding hydrogens is 628 g/mol. The predicted octanol–water partition coefficient (Wildman–Crippen LogP) is 3.93. The van der Waals surface area contributed by atoms with Gasteiger partial charge in [-0.05, 0) is 65.5 Å². The van der Waals surface area contributed by atoms with E-state index in [1.54, 1.807) is 13.8 Å². The standard InChI is InChI=1S/C36H46N6O7/c1-20(2)30(42-36(47)49-19-28-26-12-7-5-10-24(26)25-11-6-8-13-27(25)28)33(44)40-29(14-9-15-39-34(37)45)32(43)41-31-21(3)16-23(17-22(31)4)18-48-35(38)46/h5-8,10-13,16,20,22,28-30H,9,14-15,17-19H2,1-4H3,(H2,38,46)(H,40,44)(H,41,43)(H,42,47)(H3,37,39,45)/t22?,29-,30-/m0/s1. The van der Waals surface area contributed by atoms with Crippen molar-refractivity contribution in [2.24, 2.45) is 23.3 Å². The fourth-order valence-electron chi connectivity index (χ4n) is 6.38. The molecule has 13 nitrogen and oxygen atoms in total. The monoisotopic (exact) mass is 674 g/mol.